The summed E-state index contributed by atoms with van der Waals surface area (Å²) >= 11 is 0. The van der Waals surface area contributed by atoms with Crippen LogP contribution in [0.25, 0.3) is 10.9 Å². The van der Waals surface area contributed by atoms with Crippen molar-refractivity contribution in [2.75, 3.05) is 43.7 Å². The van der Waals surface area contributed by atoms with Crippen molar-refractivity contribution in [2.24, 2.45) is 0 Å². The minimum Gasteiger partial charge on any atom is -0.493 e. The lowest BCUT2D eigenvalue weighted by Crippen LogP contribution is -2.38. The quantitative estimate of drug-likeness (QED) is 0.664. The average Bonchev–Trinajstić information content (AvgIpc) is 3.32. The molecule has 7 nitrogen and oxygen atoms in total. The minimum atomic E-state index is 0.00128. The Kier molecular flexibility index (Phi) is 4.65. The van der Waals surface area contributed by atoms with Crippen LogP contribution in [0.3, 0.4) is 0 Å². The van der Waals surface area contributed by atoms with Crippen molar-refractivity contribution in [1.29, 1.82) is 0 Å². The fourth-order valence-electron chi connectivity index (χ4n) is 4.58. The van der Waals surface area contributed by atoms with Gasteiger partial charge in [0.05, 0.1) is 31.6 Å². The van der Waals surface area contributed by atoms with E-state index in [1.807, 2.05) is 18.2 Å². The number of ether oxygens (including phenoxy) is 2. The smallest absolute Gasteiger partial charge is 0.258 e. The van der Waals surface area contributed by atoms with Gasteiger partial charge in [-0.05, 0) is 43.0 Å². The van der Waals surface area contributed by atoms with Crippen LogP contribution < -0.4 is 19.3 Å². The Hall–Kier alpha value is -3.35. The number of methoxy groups -OCH3 is 2. The SMILES string of the molecule is COc1cc2nncc(N3CCc4c(cccc4N4CCCC4)C3=O)c2cc1OC. The molecule has 0 radical (unpaired) electrons. The molecule has 3 heterocycles. The molecule has 0 aliphatic carbocycles. The standard InChI is InChI=1S/C23H24N4O3/c1-29-21-12-17-18(13-22(21)30-2)25-24-14-20(17)27-11-8-15-16(23(27)28)6-5-7-19(15)26-9-3-4-10-26/h5-7,12-14H,3-4,8-11H2,1-2H3. The van der Waals surface area contributed by atoms with Crippen LogP contribution >= 0.6 is 0 Å². The Morgan fingerprint density at radius 1 is 0.967 bits per heavy atom. The van der Waals surface area contributed by atoms with Gasteiger partial charge < -0.3 is 19.3 Å². The minimum absolute atomic E-state index is 0.00128. The number of fused-ring (bicyclic) bond motifs is 2. The molecule has 7 heteroatoms. The second-order valence-electron chi connectivity index (χ2n) is 7.66. The molecule has 2 aliphatic rings. The Morgan fingerprint density at radius 3 is 2.50 bits per heavy atom. The van der Waals surface area contributed by atoms with Gasteiger partial charge in [-0.1, -0.05) is 6.07 Å². The largest absolute Gasteiger partial charge is 0.493 e. The zero-order valence-corrected chi connectivity index (χ0v) is 17.2. The topological polar surface area (TPSA) is 67.8 Å². The lowest BCUT2D eigenvalue weighted by molar-refractivity contribution is 0.0981. The summed E-state index contributed by atoms with van der Waals surface area (Å²) in [4.78, 5) is 17.7. The molecular formula is C23H24N4O3. The number of carbonyl (C=O) groups is 1. The van der Waals surface area contributed by atoms with Gasteiger partial charge in [-0.2, -0.15) is 10.2 Å². The molecule has 0 bridgehead atoms. The van der Waals surface area contributed by atoms with Crippen molar-refractivity contribution in [2.45, 2.75) is 19.3 Å². The van der Waals surface area contributed by atoms with Crippen molar-refractivity contribution >= 4 is 28.2 Å². The van der Waals surface area contributed by atoms with Crippen molar-refractivity contribution in [3.8, 4) is 11.5 Å². The van der Waals surface area contributed by atoms with E-state index in [-0.39, 0.29) is 5.91 Å². The van der Waals surface area contributed by atoms with Crippen molar-refractivity contribution < 1.29 is 14.3 Å². The van der Waals surface area contributed by atoms with Gasteiger partial charge in [-0.3, -0.25) is 4.79 Å². The highest BCUT2D eigenvalue weighted by atomic mass is 16.5. The zero-order valence-electron chi connectivity index (χ0n) is 17.2. The molecule has 5 rings (SSSR count). The fraction of sp³-hybridized carbons (Fsp3) is 0.348. The molecule has 0 unspecified atom stereocenters. The third kappa shape index (κ3) is 2.93. The molecular weight excluding hydrogens is 380 g/mol. The first-order chi connectivity index (χ1) is 14.7. The van der Waals surface area contributed by atoms with Crippen LogP contribution in [0.15, 0.2) is 36.5 Å². The first-order valence-electron chi connectivity index (χ1n) is 10.3. The maximum Gasteiger partial charge on any atom is 0.258 e. The Morgan fingerprint density at radius 2 is 1.73 bits per heavy atom. The highest BCUT2D eigenvalue weighted by molar-refractivity contribution is 6.12. The van der Waals surface area contributed by atoms with E-state index in [4.69, 9.17) is 9.47 Å². The van der Waals surface area contributed by atoms with Crippen LogP contribution in [-0.2, 0) is 6.42 Å². The molecule has 1 amide bonds. The summed E-state index contributed by atoms with van der Waals surface area (Å²) in [7, 11) is 3.18. The molecule has 2 aliphatic heterocycles. The molecule has 1 aromatic heterocycles. The van der Waals surface area contributed by atoms with Gasteiger partial charge in [0, 0.05) is 42.3 Å². The normalized spacial score (nSPS) is 16.1. The molecule has 1 fully saturated rings. The van der Waals surface area contributed by atoms with Crippen LogP contribution in [-0.4, -0.2) is 50.0 Å². The number of hydrogen-bond acceptors (Lipinski definition) is 6. The Bertz CT molecular complexity index is 1120. The number of amides is 1. The second-order valence-corrected chi connectivity index (χ2v) is 7.66. The van der Waals surface area contributed by atoms with Crippen molar-refractivity contribution in [3.05, 3.63) is 47.7 Å². The monoisotopic (exact) mass is 404 g/mol. The van der Waals surface area contributed by atoms with Gasteiger partial charge in [0.2, 0.25) is 0 Å². The van der Waals surface area contributed by atoms with Gasteiger partial charge in [-0.15, -0.1) is 0 Å². The molecule has 3 aromatic rings. The lowest BCUT2D eigenvalue weighted by atomic mass is 9.95. The van der Waals surface area contributed by atoms with Gasteiger partial charge >= 0.3 is 0 Å². The first-order valence-corrected chi connectivity index (χ1v) is 10.3. The van der Waals surface area contributed by atoms with E-state index in [9.17, 15) is 4.79 Å². The number of rotatable bonds is 4. The van der Waals surface area contributed by atoms with E-state index in [0.29, 0.717) is 23.6 Å². The summed E-state index contributed by atoms with van der Waals surface area (Å²) in [5.41, 5.74) is 4.54. The first kappa shape index (κ1) is 18.7. The molecule has 154 valence electrons. The summed E-state index contributed by atoms with van der Waals surface area (Å²) in [6, 6.07) is 9.72. The van der Waals surface area contributed by atoms with E-state index in [2.05, 4.69) is 21.2 Å². The maximum atomic E-state index is 13.5. The Balaban J connectivity index is 1.58. The van der Waals surface area contributed by atoms with E-state index in [1.165, 1.54) is 18.5 Å². The molecule has 0 saturated carbocycles. The van der Waals surface area contributed by atoms with Gasteiger partial charge in [0.15, 0.2) is 11.5 Å². The Labute approximate surface area is 175 Å². The third-order valence-electron chi connectivity index (χ3n) is 6.07. The molecule has 0 spiro atoms. The highest BCUT2D eigenvalue weighted by Gasteiger charge is 2.30. The molecule has 2 aromatic carbocycles. The lowest BCUT2D eigenvalue weighted by Gasteiger charge is -2.32. The molecule has 1 saturated heterocycles. The van der Waals surface area contributed by atoms with Crippen LogP contribution in [0, 0.1) is 0 Å². The fourth-order valence-corrected chi connectivity index (χ4v) is 4.58. The van der Waals surface area contributed by atoms with Gasteiger partial charge in [0.1, 0.15) is 0 Å². The predicted molar refractivity (Wildman–Crippen MR) is 116 cm³/mol. The number of anilines is 2. The number of aromatic nitrogens is 2. The number of benzene rings is 2. The molecule has 0 N–H and O–H groups in total. The summed E-state index contributed by atoms with van der Waals surface area (Å²) in [6.07, 6.45) is 4.89. The van der Waals surface area contributed by atoms with Gasteiger partial charge in [-0.25, -0.2) is 0 Å². The maximum absolute atomic E-state index is 13.5. The van der Waals surface area contributed by atoms with E-state index in [0.717, 1.165) is 41.7 Å². The van der Waals surface area contributed by atoms with Crippen LogP contribution in [0.4, 0.5) is 11.4 Å². The summed E-state index contributed by atoms with van der Waals surface area (Å²) in [5, 5.41) is 9.18. The van der Waals surface area contributed by atoms with Crippen LogP contribution in [0.5, 0.6) is 11.5 Å². The third-order valence-corrected chi connectivity index (χ3v) is 6.07. The molecule has 30 heavy (non-hydrogen) atoms. The van der Waals surface area contributed by atoms with Crippen LogP contribution in [0.1, 0.15) is 28.8 Å². The average molecular weight is 404 g/mol. The summed E-state index contributed by atoms with van der Waals surface area (Å²) in [6.45, 7) is 2.73. The van der Waals surface area contributed by atoms with E-state index in [1.54, 1.807) is 31.4 Å². The van der Waals surface area contributed by atoms with Crippen molar-refractivity contribution in [1.82, 2.24) is 10.2 Å². The highest BCUT2D eigenvalue weighted by Crippen LogP contribution is 2.38. The van der Waals surface area contributed by atoms with E-state index < -0.39 is 0 Å². The summed E-state index contributed by atoms with van der Waals surface area (Å²) < 4.78 is 10.8. The predicted octanol–water partition coefficient (Wildman–Crippen LogP) is 3.45. The van der Waals surface area contributed by atoms with Gasteiger partial charge in [0.25, 0.3) is 5.91 Å². The number of nitrogens with zero attached hydrogens (tertiary/aromatic N) is 4. The number of carbonyl (C=O) groups excluding carboxylic acids is 1. The number of hydrogen-bond donors (Lipinski definition) is 0. The van der Waals surface area contributed by atoms with Crippen LogP contribution in [0.2, 0.25) is 0 Å². The molecule has 0 atom stereocenters. The second kappa shape index (κ2) is 7.48. The van der Waals surface area contributed by atoms with E-state index >= 15 is 0 Å². The zero-order chi connectivity index (χ0) is 20.7. The summed E-state index contributed by atoms with van der Waals surface area (Å²) in [5.74, 6) is 1.18. The van der Waals surface area contributed by atoms with Crippen molar-refractivity contribution in [3.63, 3.8) is 0 Å².